The molecule has 0 radical (unpaired) electrons. The fraction of sp³-hybridized carbons (Fsp3) is 0.615. The van der Waals surface area contributed by atoms with E-state index in [4.69, 9.17) is 0 Å². The van der Waals surface area contributed by atoms with Gasteiger partial charge in [0, 0.05) is 11.8 Å². The van der Waals surface area contributed by atoms with Gasteiger partial charge in [-0.15, -0.1) is 11.3 Å². The Balaban J connectivity index is 1.92. The van der Waals surface area contributed by atoms with Crippen LogP contribution in [0.15, 0.2) is 17.5 Å². The Kier molecular flexibility index (Phi) is 3.77. The summed E-state index contributed by atoms with van der Waals surface area (Å²) in [7, 11) is 0. The van der Waals surface area contributed by atoms with Gasteiger partial charge in [-0.2, -0.15) is 0 Å². The van der Waals surface area contributed by atoms with E-state index >= 15 is 0 Å². The van der Waals surface area contributed by atoms with E-state index in [1.54, 1.807) is 11.3 Å². The van der Waals surface area contributed by atoms with E-state index in [0.717, 1.165) is 29.8 Å². The van der Waals surface area contributed by atoms with Gasteiger partial charge in [-0.3, -0.25) is 4.79 Å². The zero-order valence-electron chi connectivity index (χ0n) is 10.0. The molecule has 1 aliphatic heterocycles. The number of Topliss-reactive ketones (excluding diaryl/α,β-unsaturated/α-hetero) is 1. The number of thiophene rings is 1. The van der Waals surface area contributed by atoms with Crippen molar-refractivity contribution in [3.63, 3.8) is 0 Å². The second-order valence-electron chi connectivity index (χ2n) is 5.18. The fourth-order valence-corrected chi connectivity index (χ4v) is 3.48. The van der Waals surface area contributed by atoms with E-state index in [0.29, 0.717) is 12.3 Å². The number of nitrogens with one attached hydrogen (secondary N) is 1. The minimum Gasteiger partial charge on any atom is -0.328 e. The van der Waals surface area contributed by atoms with Crippen molar-refractivity contribution >= 4 is 17.1 Å². The molecule has 0 spiro atoms. The van der Waals surface area contributed by atoms with Gasteiger partial charge < -0.3 is 4.90 Å². The number of hydrogen-bond donors (Lipinski definition) is 1. The number of carbonyl (C=O) groups excluding carboxylic acids is 1. The first kappa shape index (κ1) is 11.8. The van der Waals surface area contributed by atoms with E-state index in [9.17, 15) is 4.79 Å². The van der Waals surface area contributed by atoms with Crippen LogP contribution in [0.5, 0.6) is 0 Å². The molecule has 0 unspecified atom stereocenters. The normalized spacial score (nSPS) is 30.2. The fourth-order valence-electron chi connectivity index (χ4n) is 2.82. The van der Waals surface area contributed by atoms with E-state index in [2.05, 4.69) is 13.8 Å². The van der Waals surface area contributed by atoms with Crippen LogP contribution in [-0.4, -0.2) is 25.4 Å². The molecule has 2 heterocycles. The summed E-state index contributed by atoms with van der Waals surface area (Å²) >= 11 is 1.56. The molecule has 1 fully saturated rings. The molecular formula is C13H20NOS+. The van der Waals surface area contributed by atoms with Gasteiger partial charge in [0.25, 0.3) is 0 Å². The molecule has 2 atom stereocenters. The van der Waals surface area contributed by atoms with Crippen molar-refractivity contribution in [2.45, 2.75) is 20.3 Å². The van der Waals surface area contributed by atoms with E-state index < -0.39 is 0 Å². The maximum absolute atomic E-state index is 12.0. The lowest BCUT2D eigenvalue weighted by atomic mass is 9.92. The molecule has 1 aliphatic rings. The van der Waals surface area contributed by atoms with E-state index in [1.165, 1.54) is 11.3 Å². The third-order valence-corrected chi connectivity index (χ3v) is 4.20. The SMILES string of the molecule is C[C@H]1C[C@H](C)C[NH+](CC(=O)c2cccs2)C1. The van der Waals surface area contributed by atoms with Crippen molar-refractivity contribution in [2.24, 2.45) is 11.8 Å². The molecule has 1 N–H and O–H groups in total. The van der Waals surface area contributed by atoms with Crippen LogP contribution >= 0.6 is 11.3 Å². The second-order valence-corrected chi connectivity index (χ2v) is 6.13. The quantitative estimate of drug-likeness (QED) is 0.792. The highest BCUT2D eigenvalue weighted by atomic mass is 32.1. The Labute approximate surface area is 101 Å². The summed E-state index contributed by atoms with van der Waals surface area (Å²) in [4.78, 5) is 14.4. The molecule has 3 heteroatoms. The zero-order chi connectivity index (χ0) is 11.5. The van der Waals surface area contributed by atoms with Crippen LogP contribution in [0.25, 0.3) is 0 Å². The summed E-state index contributed by atoms with van der Waals surface area (Å²) in [5, 5.41) is 1.98. The van der Waals surface area contributed by atoms with Crippen LogP contribution in [0.4, 0.5) is 0 Å². The summed E-state index contributed by atoms with van der Waals surface area (Å²) in [5.74, 6) is 1.83. The number of hydrogen-bond acceptors (Lipinski definition) is 2. The van der Waals surface area contributed by atoms with Crippen molar-refractivity contribution in [2.75, 3.05) is 19.6 Å². The summed E-state index contributed by atoms with van der Waals surface area (Å²) in [5.41, 5.74) is 0. The van der Waals surface area contributed by atoms with Gasteiger partial charge in [0.05, 0.1) is 18.0 Å². The minimum absolute atomic E-state index is 0.311. The zero-order valence-corrected chi connectivity index (χ0v) is 10.8. The van der Waals surface area contributed by atoms with Crippen molar-refractivity contribution in [1.82, 2.24) is 0 Å². The topological polar surface area (TPSA) is 21.5 Å². The van der Waals surface area contributed by atoms with Gasteiger partial charge >= 0.3 is 0 Å². The first-order chi connectivity index (χ1) is 7.65. The van der Waals surface area contributed by atoms with Crippen molar-refractivity contribution < 1.29 is 9.69 Å². The highest BCUT2D eigenvalue weighted by molar-refractivity contribution is 7.12. The highest BCUT2D eigenvalue weighted by Gasteiger charge is 2.27. The number of rotatable bonds is 3. The average Bonchev–Trinajstić information content (AvgIpc) is 2.68. The van der Waals surface area contributed by atoms with Crippen LogP contribution in [-0.2, 0) is 0 Å². The molecule has 0 saturated carbocycles. The molecule has 0 amide bonds. The molecule has 1 saturated heterocycles. The molecule has 0 aromatic carbocycles. The maximum Gasteiger partial charge on any atom is 0.226 e. The number of piperidine rings is 1. The van der Waals surface area contributed by atoms with Crippen LogP contribution in [0.1, 0.15) is 29.9 Å². The Morgan fingerprint density at radius 2 is 2.12 bits per heavy atom. The molecular weight excluding hydrogens is 218 g/mol. The minimum atomic E-state index is 0.311. The monoisotopic (exact) mass is 238 g/mol. The predicted molar refractivity (Wildman–Crippen MR) is 67.2 cm³/mol. The van der Waals surface area contributed by atoms with Crippen molar-refractivity contribution in [3.8, 4) is 0 Å². The average molecular weight is 238 g/mol. The molecule has 0 aliphatic carbocycles. The molecule has 2 nitrogen and oxygen atoms in total. The summed E-state index contributed by atoms with van der Waals surface area (Å²) < 4.78 is 0. The lowest BCUT2D eigenvalue weighted by Crippen LogP contribution is -3.15. The smallest absolute Gasteiger partial charge is 0.226 e. The lowest BCUT2D eigenvalue weighted by Gasteiger charge is -2.31. The number of quaternary nitrogens is 1. The third kappa shape index (κ3) is 2.92. The first-order valence-electron chi connectivity index (χ1n) is 6.05. The molecule has 0 bridgehead atoms. The molecule has 16 heavy (non-hydrogen) atoms. The Bertz CT molecular complexity index is 337. The van der Waals surface area contributed by atoms with Gasteiger partial charge in [-0.1, -0.05) is 19.9 Å². The standard InChI is InChI=1S/C13H19NOS/c1-10-6-11(2)8-14(7-10)9-12(15)13-4-3-5-16-13/h3-5,10-11H,6-9H2,1-2H3/p+1/t10-,11-/m0/s1. The van der Waals surface area contributed by atoms with E-state index in [1.807, 2.05) is 17.5 Å². The lowest BCUT2D eigenvalue weighted by molar-refractivity contribution is -0.903. The Morgan fingerprint density at radius 1 is 1.44 bits per heavy atom. The summed E-state index contributed by atoms with van der Waals surface area (Å²) in [6, 6.07) is 3.89. The van der Waals surface area contributed by atoms with Gasteiger partial charge in [-0.05, 0) is 17.9 Å². The Hall–Kier alpha value is -0.670. The molecule has 88 valence electrons. The van der Waals surface area contributed by atoms with Gasteiger partial charge in [0.1, 0.15) is 6.54 Å². The van der Waals surface area contributed by atoms with Gasteiger partial charge in [0.15, 0.2) is 0 Å². The second kappa shape index (κ2) is 5.11. The highest BCUT2D eigenvalue weighted by Crippen LogP contribution is 2.12. The maximum atomic E-state index is 12.0. The third-order valence-electron chi connectivity index (χ3n) is 3.29. The van der Waals surface area contributed by atoms with Crippen molar-refractivity contribution in [1.29, 1.82) is 0 Å². The molecule has 1 aromatic heterocycles. The molecule has 2 rings (SSSR count). The number of likely N-dealkylation sites (tertiary alicyclic amines) is 1. The van der Waals surface area contributed by atoms with Gasteiger partial charge in [-0.25, -0.2) is 0 Å². The van der Waals surface area contributed by atoms with Crippen LogP contribution in [0.3, 0.4) is 0 Å². The largest absolute Gasteiger partial charge is 0.328 e. The number of carbonyl (C=O) groups is 1. The van der Waals surface area contributed by atoms with E-state index in [-0.39, 0.29) is 0 Å². The molecule has 1 aromatic rings. The van der Waals surface area contributed by atoms with Gasteiger partial charge in [0.2, 0.25) is 5.78 Å². The first-order valence-corrected chi connectivity index (χ1v) is 6.93. The van der Waals surface area contributed by atoms with Crippen LogP contribution in [0, 0.1) is 11.8 Å². The number of ketones is 1. The van der Waals surface area contributed by atoms with Crippen molar-refractivity contribution in [3.05, 3.63) is 22.4 Å². The van der Waals surface area contributed by atoms with Crippen LogP contribution in [0.2, 0.25) is 0 Å². The summed E-state index contributed by atoms with van der Waals surface area (Å²) in [6.07, 6.45) is 1.32. The predicted octanol–water partition coefficient (Wildman–Crippen LogP) is 1.49. The summed E-state index contributed by atoms with van der Waals surface area (Å²) in [6.45, 7) is 7.58. The van der Waals surface area contributed by atoms with Crippen LogP contribution < -0.4 is 4.90 Å². The Morgan fingerprint density at radius 3 is 2.69 bits per heavy atom.